The molecule has 50 heavy (non-hydrogen) atoms. The van der Waals surface area contributed by atoms with Gasteiger partial charge in [-0.3, -0.25) is 0 Å². The van der Waals surface area contributed by atoms with Crippen molar-refractivity contribution in [3.8, 4) is 56.4 Å². The molecule has 0 amide bonds. The zero-order valence-electron chi connectivity index (χ0n) is 26.7. The van der Waals surface area contributed by atoms with Crippen LogP contribution >= 0.6 is 11.3 Å². The van der Waals surface area contributed by atoms with Crippen LogP contribution in [0.3, 0.4) is 0 Å². The molecule has 10 aromatic rings. The first-order valence-electron chi connectivity index (χ1n) is 16.6. The van der Waals surface area contributed by atoms with Crippen LogP contribution in [-0.4, -0.2) is 15.0 Å². The van der Waals surface area contributed by atoms with Crippen LogP contribution < -0.4 is 0 Å². The second-order valence-corrected chi connectivity index (χ2v) is 13.5. The van der Waals surface area contributed by atoms with Crippen molar-refractivity contribution in [2.75, 3.05) is 0 Å². The molecule has 0 aliphatic carbocycles. The fraction of sp³-hybridized carbons (Fsp3) is 0. The summed E-state index contributed by atoms with van der Waals surface area (Å²) in [7, 11) is 0. The number of nitrogens with zero attached hydrogens (tertiary/aromatic N) is 3. The number of benzene rings is 7. The van der Waals surface area contributed by atoms with E-state index in [1.165, 1.54) is 15.5 Å². The third-order valence-corrected chi connectivity index (χ3v) is 10.5. The molecule has 0 N–H and O–H groups in total. The smallest absolute Gasteiger partial charge is 0.165 e. The molecule has 0 saturated heterocycles. The van der Waals surface area contributed by atoms with Crippen molar-refractivity contribution in [3.63, 3.8) is 0 Å². The molecule has 234 valence electrons. The molecule has 0 fully saturated rings. The first kappa shape index (κ1) is 28.6. The number of para-hydroxylation sites is 1. The summed E-state index contributed by atoms with van der Waals surface area (Å²) in [6.45, 7) is 0. The average molecular weight is 658 g/mol. The largest absolute Gasteiger partial charge is 0.456 e. The number of hydrogen-bond donors (Lipinski definition) is 0. The highest BCUT2D eigenvalue weighted by Gasteiger charge is 2.19. The van der Waals surface area contributed by atoms with E-state index < -0.39 is 0 Å². The molecular formula is C45H27N3OS. The monoisotopic (exact) mass is 657 g/mol. The molecule has 0 bridgehead atoms. The fourth-order valence-electron chi connectivity index (χ4n) is 6.87. The van der Waals surface area contributed by atoms with Crippen LogP contribution in [-0.2, 0) is 0 Å². The van der Waals surface area contributed by atoms with Crippen LogP contribution in [0.1, 0.15) is 0 Å². The van der Waals surface area contributed by atoms with Gasteiger partial charge < -0.3 is 4.42 Å². The number of thiophene rings is 1. The summed E-state index contributed by atoms with van der Waals surface area (Å²) in [4.78, 5) is 15.2. The van der Waals surface area contributed by atoms with Crippen LogP contribution in [0, 0.1) is 0 Å². The lowest BCUT2D eigenvalue weighted by Crippen LogP contribution is -2.00. The Kier molecular flexibility index (Phi) is 6.64. The second kappa shape index (κ2) is 11.6. The summed E-state index contributed by atoms with van der Waals surface area (Å²) in [5.41, 5.74) is 9.14. The van der Waals surface area contributed by atoms with E-state index in [2.05, 4.69) is 91.0 Å². The zero-order chi connectivity index (χ0) is 33.0. The van der Waals surface area contributed by atoms with Gasteiger partial charge in [0.15, 0.2) is 17.5 Å². The maximum absolute atomic E-state index is 6.24. The standard InChI is InChI=1S/C45H27N3OS/c1-3-12-28(13-4-1)43-46-44(29-14-5-2-6-15-29)48-45(47-43)38-26-33(25-37-36-19-8-10-21-41(36)50-42(37)38)31-17-11-16-30(24-31)32-22-23-35-34-18-7-9-20-39(34)49-40(35)27-32/h1-27H. The molecule has 7 aromatic carbocycles. The van der Waals surface area contributed by atoms with Crippen molar-refractivity contribution in [1.82, 2.24) is 15.0 Å². The Labute approximate surface area is 292 Å². The lowest BCUT2D eigenvalue weighted by molar-refractivity contribution is 0.669. The van der Waals surface area contributed by atoms with Crippen molar-refractivity contribution >= 4 is 53.4 Å². The van der Waals surface area contributed by atoms with E-state index in [4.69, 9.17) is 19.4 Å². The molecule has 0 atom stereocenters. The van der Waals surface area contributed by atoms with E-state index >= 15 is 0 Å². The van der Waals surface area contributed by atoms with Gasteiger partial charge in [-0.15, -0.1) is 11.3 Å². The normalized spacial score (nSPS) is 11.6. The van der Waals surface area contributed by atoms with Crippen LogP contribution in [0.4, 0.5) is 0 Å². The van der Waals surface area contributed by atoms with E-state index in [1.807, 2.05) is 72.8 Å². The van der Waals surface area contributed by atoms with Gasteiger partial charge in [0, 0.05) is 47.6 Å². The third kappa shape index (κ3) is 4.87. The Balaban J connectivity index is 1.18. The minimum Gasteiger partial charge on any atom is -0.456 e. The Morgan fingerprint density at radius 3 is 1.70 bits per heavy atom. The van der Waals surface area contributed by atoms with Gasteiger partial charge in [0.25, 0.3) is 0 Å². The quantitative estimate of drug-likeness (QED) is 0.185. The summed E-state index contributed by atoms with van der Waals surface area (Å²) in [5, 5.41) is 4.68. The number of rotatable bonds is 5. The summed E-state index contributed by atoms with van der Waals surface area (Å²) < 4.78 is 8.63. The van der Waals surface area contributed by atoms with E-state index in [1.54, 1.807) is 11.3 Å². The summed E-state index contributed by atoms with van der Waals surface area (Å²) >= 11 is 1.78. The molecule has 0 aliphatic heterocycles. The van der Waals surface area contributed by atoms with E-state index in [9.17, 15) is 0 Å². The Morgan fingerprint density at radius 1 is 0.360 bits per heavy atom. The van der Waals surface area contributed by atoms with Crippen LogP contribution in [0.25, 0.3) is 98.5 Å². The summed E-state index contributed by atoms with van der Waals surface area (Å²) in [5.74, 6) is 1.96. The average Bonchev–Trinajstić information content (AvgIpc) is 3.76. The van der Waals surface area contributed by atoms with Crippen molar-refractivity contribution in [3.05, 3.63) is 164 Å². The van der Waals surface area contributed by atoms with Gasteiger partial charge in [-0.25, -0.2) is 15.0 Å². The van der Waals surface area contributed by atoms with E-state index in [-0.39, 0.29) is 0 Å². The lowest BCUT2D eigenvalue weighted by atomic mass is 9.95. The third-order valence-electron chi connectivity index (χ3n) is 9.33. The van der Waals surface area contributed by atoms with Crippen LogP contribution in [0.5, 0.6) is 0 Å². The molecule has 10 rings (SSSR count). The predicted molar refractivity (Wildman–Crippen MR) is 207 cm³/mol. The van der Waals surface area contributed by atoms with Crippen molar-refractivity contribution in [2.24, 2.45) is 0 Å². The van der Waals surface area contributed by atoms with Gasteiger partial charge in [0.05, 0.1) is 0 Å². The maximum atomic E-state index is 6.24. The number of hydrogen-bond acceptors (Lipinski definition) is 5. The molecule has 5 heteroatoms. The predicted octanol–water partition coefficient (Wildman–Crippen LogP) is 12.5. The molecular weight excluding hydrogens is 631 g/mol. The van der Waals surface area contributed by atoms with E-state index in [0.717, 1.165) is 65.6 Å². The Morgan fingerprint density at radius 2 is 0.940 bits per heavy atom. The molecule has 0 saturated carbocycles. The van der Waals surface area contributed by atoms with Crippen LogP contribution in [0.15, 0.2) is 168 Å². The molecule has 0 aliphatic rings. The van der Waals surface area contributed by atoms with Gasteiger partial charge in [-0.05, 0) is 64.7 Å². The molecule has 0 unspecified atom stereocenters. The number of fused-ring (bicyclic) bond motifs is 6. The SMILES string of the molecule is c1ccc(-c2nc(-c3ccccc3)nc(-c3cc(-c4cccc(-c5ccc6c(c5)oc5ccccc56)c4)cc4c3sc3ccccc34)n2)cc1. The highest BCUT2D eigenvalue weighted by Crippen LogP contribution is 2.43. The zero-order valence-corrected chi connectivity index (χ0v) is 27.6. The van der Waals surface area contributed by atoms with Gasteiger partial charge >= 0.3 is 0 Å². The first-order chi connectivity index (χ1) is 24.7. The van der Waals surface area contributed by atoms with Crippen molar-refractivity contribution in [2.45, 2.75) is 0 Å². The highest BCUT2D eigenvalue weighted by atomic mass is 32.1. The van der Waals surface area contributed by atoms with Crippen LogP contribution in [0.2, 0.25) is 0 Å². The van der Waals surface area contributed by atoms with Crippen molar-refractivity contribution in [1.29, 1.82) is 0 Å². The molecule has 4 nitrogen and oxygen atoms in total. The van der Waals surface area contributed by atoms with Gasteiger partial charge in [0.2, 0.25) is 0 Å². The molecule has 0 spiro atoms. The summed E-state index contributed by atoms with van der Waals surface area (Å²) in [6.07, 6.45) is 0. The Bertz CT molecular complexity index is 2820. The molecule has 0 radical (unpaired) electrons. The summed E-state index contributed by atoms with van der Waals surface area (Å²) in [6, 6.07) is 56.9. The van der Waals surface area contributed by atoms with Gasteiger partial charge in [-0.2, -0.15) is 0 Å². The second-order valence-electron chi connectivity index (χ2n) is 12.4. The van der Waals surface area contributed by atoms with Crippen molar-refractivity contribution < 1.29 is 4.42 Å². The fourth-order valence-corrected chi connectivity index (χ4v) is 8.07. The molecule has 3 heterocycles. The van der Waals surface area contributed by atoms with E-state index in [0.29, 0.717) is 17.5 Å². The highest BCUT2D eigenvalue weighted by molar-refractivity contribution is 7.26. The minimum absolute atomic E-state index is 0.650. The Hall–Kier alpha value is -6.43. The topological polar surface area (TPSA) is 51.8 Å². The number of aromatic nitrogens is 3. The van der Waals surface area contributed by atoms with Gasteiger partial charge in [0.1, 0.15) is 11.2 Å². The van der Waals surface area contributed by atoms with Gasteiger partial charge in [-0.1, -0.05) is 121 Å². The lowest BCUT2D eigenvalue weighted by Gasteiger charge is -2.12. The molecule has 3 aromatic heterocycles. The minimum atomic E-state index is 0.650. The first-order valence-corrected chi connectivity index (χ1v) is 17.4. The number of furan rings is 1. The maximum Gasteiger partial charge on any atom is 0.165 e.